The number of carbonyl (C=O) groups is 1. The topological polar surface area (TPSA) is 42.0 Å². The van der Waals surface area contributed by atoms with Crippen molar-refractivity contribution in [2.45, 2.75) is 24.5 Å². The van der Waals surface area contributed by atoms with E-state index >= 15 is 0 Å². The fourth-order valence-electron chi connectivity index (χ4n) is 5.03. The number of methoxy groups -OCH3 is 1. The summed E-state index contributed by atoms with van der Waals surface area (Å²) in [6.07, 6.45) is 2.52. The average molecular weight is 365 g/mol. The molecular formula is C19H25ClN2O3. The molecule has 3 fully saturated rings. The summed E-state index contributed by atoms with van der Waals surface area (Å²) in [4.78, 5) is 17.3. The Balaban J connectivity index is 1.58. The molecule has 0 saturated carbocycles. The van der Waals surface area contributed by atoms with E-state index in [9.17, 15) is 4.79 Å². The molecule has 2 bridgehead atoms. The van der Waals surface area contributed by atoms with E-state index in [0.29, 0.717) is 40.8 Å². The summed E-state index contributed by atoms with van der Waals surface area (Å²) in [5.41, 5.74) is 0.386. The number of hydrogen-bond acceptors (Lipinski definition) is 4. The molecular weight excluding hydrogens is 340 g/mol. The molecule has 0 radical (unpaired) electrons. The molecule has 136 valence electrons. The Morgan fingerprint density at radius 1 is 1.48 bits per heavy atom. The number of fused-ring (bicyclic) bond motifs is 1. The lowest BCUT2D eigenvalue weighted by Gasteiger charge is -2.30. The van der Waals surface area contributed by atoms with Crippen LogP contribution in [0.1, 0.15) is 23.2 Å². The van der Waals surface area contributed by atoms with Crippen LogP contribution >= 0.6 is 11.6 Å². The van der Waals surface area contributed by atoms with Crippen molar-refractivity contribution in [2.75, 3.05) is 40.8 Å². The molecule has 0 N–H and O–H groups in total. The van der Waals surface area contributed by atoms with Crippen LogP contribution in [0.5, 0.6) is 5.75 Å². The highest BCUT2D eigenvalue weighted by Crippen LogP contribution is 2.55. The van der Waals surface area contributed by atoms with E-state index in [1.807, 2.05) is 4.90 Å². The molecule has 0 unspecified atom stereocenters. The minimum absolute atomic E-state index is 0.0150. The lowest BCUT2D eigenvalue weighted by molar-refractivity contribution is 0.00253. The highest BCUT2D eigenvalue weighted by atomic mass is 35.5. The van der Waals surface area contributed by atoms with E-state index in [-0.39, 0.29) is 11.5 Å². The van der Waals surface area contributed by atoms with Crippen molar-refractivity contribution in [2.24, 2.45) is 11.8 Å². The van der Waals surface area contributed by atoms with Gasteiger partial charge in [-0.1, -0.05) is 11.6 Å². The normalized spacial score (nSPS) is 33.2. The number of amides is 1. The van der Waals surface area contributed by atoms with Crippen molar-refractivity contribution >= 4 is 17.5 Å². The van der Waals surface area contributed by atoms with E-state index < -0.39 is 0 Å². The summed E-state index contributed by atoms with van der Waals surface area (Å²) in [5, 5.41) is 0.546. The highest BCUT2D eigenvalue weighted by Gasteiger charge is 2.63. The van der Waals surface area contributed by atoms with E-state index in [0.717, 1.165) is 25.9 Å². The highest BCUT2D eigenvalue weighted by molar-refractivity contribution is 6.31. The summed E-state index contributed by atoms with van der Waals surface area (Å²) in [6.45, 7) is 2.44. The van der Waals surface area contributed by atoms with Crippen LogP contribution in [0, 0.1) is 11.8 Å². The fourth-order valence-corrected chi connectivity index (χ4v) is 5.20. The number of rotatable bonds is 4. The lowest BCUT2D eigenvalue weighted by atomic mass is 9.73. The van der Waals surface area contributed by atoms with Crippen LogP contribution in [0.4, 0.5) is 0 Å². The molecule has 1 aromatic rings. The minimum atomic E-state index is -0.146. The largest absolute Gasteiger partial charge is 0.496 e. The predicted molar refractivity (Wildman–Crippen MR) is 96.3 cm³/mol. The number of ether oxygens (including phenoxy) is 2. The summed E-state index contributed by atoms with van der Waals surface area (Å²) < 4.78 is 11.8. The van der Waals surface area contributed by atoms with Crippen LogP contribution in [0.15, 0.2) is 18.2 Å². The maximum absolute atomic E-state index is 13.1. The van der Waals surface area contributed by atoms with Crippen molar-refractivity contribution in [3.8, 4) is 5.75 Å². The smallest absolute Gasteiger partial charge is 0.257 e. The van der Waals surface area contributed by atoms with Gasteiger partial charge in [0, 0.05) is 29.9 Å². The second-order valence-corrected chi connectivity index (χ2v) is 8.26. The molecule has 3 aliphatic rings. The molecule has 3 heterocycles. The lowest BCUT2D eigenvalue weighted by Crippen LogP contribution is -2.40. The quantitative estimate of drug-likeness (QED) is 0.823. The van der Waals surface area contributed by atoms with Gasteiger partial charge in [0.25, 0.3) is 5.91 Å². The molecule has 0 aliphatic carbocycles. The Morgan fingerprint density at radius 3 is 3.00 bits per heavy atom. The second-order valence-electron chi connectivity index (χ2n) is 7.82. The van der Waals surface area contributed by atoms with Crippen LogP contribution in [0.25, 0.3) is 0 Å². The molecule has 6 heteroatoms. The van der Waals surface area contributed by atoms with Gasteiger partial charge in [0.1, 0.15) is 5.75 Å². The Morgan fingerprint density at radius 2 is 2.28 bits per heavy atom. The van der Waals surface area contributed by atoms with Gasteiger partial charge in [0.05, 0.1) is 30.9 Å². The molecule has 3 saturated heterocycles. The first-order valence-electron chi connectivity index (χ1n) is 8.89. The first kappa shape index (κ1) is 17.1. The fraction of sp³-hybridized carbons (Fsp3) is 0.632. The third kappa shape index (κ3) is 2.73. The summed E-state index contributed by atoms with van der Waals surface area (Å²) >= 11 is 6.11. The molecule has 1 spiro atoms. The number of benzene rings is 1. The molecule has 3 aliphatic heterocycles. The van der Waals surface area contributed by atoms with E-state index in [2.05, 4.69) is 19.0 Å². The third-order valence-electron chi connectivity index (χ3n) is 6.04. The van der Waals surface area contributed by atoms with Crippen LogP contribution in [-0.2, 0) is 4.74 Å². The van der Waals surface area contributed by atoms with Crippen LogP contribution in [0.2, 0.25) is 5.02 Å². The molecule has 1 aromatic carbocycles. The van der Waals surface area contributed by atoms with E-state index in [1.54, 1.807) is 25.3 Å². The van der Waals surface area contributed by atoms with Crippen molar-refractivity contribution in [1.82, 2.24) is 9.80 Å². The number of hydrogen-bond donors (Lipinski definition) is 0. The number of halogens is 1. The Bertz CT molecular complexity index is 695. The van der Waals surface area contributed by atoms with Crippen molar-refractivity contribution < 1.29 is 14.3 Å². The van der Waals surface area contributed by atoms with E-state index in [1.165, 1.54) is 0 Å². The summed E-state index contributed by atoms with van der Waals surface area (Å²) in [7, 11) is 5.79. The minimum Gasteiger partial charge on any atom is -0.496 e. The van der Waals surface area contributed by atoms with Crippen LogP contribution in [0.3, 0.4) is 0 Å². The van der Waals surface area contributed by atoms with Crippen LogP contribution in [-0.4, -0.2) is 68.3 Å². The van der Waals surface area contributed by atoms with Gasteiger partial charge in [-0.05, 0) is 45.1 Å². The van der Waals surface area contributed by atoms with Gasteiger partial charge in [0.15, 0.2) is 0 Å². The standard InChI is InChI=1S/C19H25ClN2O3/c1-21(2)9-14-15-10-22(11-19(15)7-6-17(14)25-19)18(23)13-8-12(20)4-5-16(13)24-3/h4-5,8,14-15,17H,6-7,9-11H2,1-3H3/t14-,15+,17+,19+/m0/s1. The van der Waals surface area contributed by atoms with Crippen LogP contribution < -0.4 is 4.74 Å². The van der Waals surface area contributed by atoms with Gasteiger partial charge in [-0.15, -0.1) is 0 Å². The molecule has 1 amide bonds. The zero-order chi connectivity index (χ0) is 17.8. The van der Waals surface area contributed by atoms with Crippen molar-refractivity contribution in [3.63, 3.8) is 0 Å². The Labute approximate surface area is 153 Å². The number of nitrogens with zero attached hydrogens (tertiary/aromatic N) is 2. The third-order valence-corrected chi connectivity index (χ3v) is 6.27. The Kier molecular flexibility index (Phi) is 4.21. The van der Waals surface area contributed by atoms with Gasteiger partial charge in [-0.25, -0.2) is 0 Å². The molecule has 0 aromatic heterocycles. The molecule has 5 nitrogen and oxygen atoms in total. The molecule has 4 rings (SSSR count). The molecule has 4 atom stereocenters. The van der Waals surface area contributed by atoms with Crippen molar-refractivity contribution in [1.29, 1.82) is 0 Å². The maximum atomic E-state index is 13.1. The predicted octanol–water partition coefficient (Wildman–Crippen LogP) is 2.53. The monoisotopic (exact) mass is 364 g/mol. The zero-order valence-corrected chi connectivity index (χ0v) is 15.8. The number of likely N-dealkylation sites (tertiary alicyclic amines) is 1. The van der Waals surface area contributed by atoms with Gasteiger partial charge < -0.3 is 19.3 Å². The van der Waals surface area contributed by atoms with E-state index in [4.69, 9.17) is 21.1 Å². The SMILES string of the molecule is COc1ccc(Cl)cc1C(=O)N1C[C@@H]2[C@H](CN(C)C)[C@H]3CC[C@]2(C1)O3. The van der Waals surface area contributed by atoms with Gasteiger partial charge in [0.2, 0.25) is 0 Å². The first-order chi connectivity index (χ1) is 11.9. The molecule has 25 heavy (non-hydrogen) atoms. The summed E-state index contributed by atoms with van der Waals surface area (Å²) in [5.74, 6) is 1.48. The second kappa shape index (κ2) is 6.15. The average Bonchev–Trinajstić information content (AvgIpc) is 3.23. The summed E-state index contributed by atoms with van der Waals surface area (Å²) in [6, 6.07) is 5.19. The number of carbonyl (C=O) groups excluding carboxylic acids is 1. The van der Waals surface area contributed by atoms with Gasteiger partial charge in [-0.3, -0.25) is 4.79 Å². The van der Waals surface area contributed by atoms with Gasteiger partial charge >= 0.3 is 0 Å². The maximum Gasteiger partial charge on any atom is 0.257 e. The Hall–Kier alpha value is -1.30. The van der Waals surface area contributed by atoms with Crippen molar-refractivity contribution in [3.05, 3.63) is 28.8 Å². The first-order valence-corrected chi connectivity index (χ1v) is 9.27. The van der Waals surface area contributed by atoms with Gasteiger partial charge in [-0.2, -0.15) is 0 Å². The zero-order valence-electron chi connectivity index (χ0n) is 15.0.